The average Bonchev–Trinajstić information content (AvgIpc) is 2.74. The summed E-state index contributed by atoms with van der Waals surface area (Å²) in [5, 5.41) is 3.12. The van der Waals surface area contributed by atoms with Crippen LogP contribution in [0.3, 0.4) is 0 Å². The van der Waals surface area contributed by atoms with Gasteiger partial charge in [0.2, 0.25) is 0 Å². The predicted octanol–water partition coefficient (Wildman–Crippen LogP) is 4.37. The van der Waals surface area contributed by atoms with E-state index in [1.165, 1.54) is 20.3 Å². The lowest BCUT2D eigenvalue weighted by atomic mass is 10.0. The van der Waals surface area contributed by atoms with Crippen LogP contribution < -0.4 is 5.32 Å². The summed E-state index contributed by atoms with van der Waals surface area (Å²) in [6.45, 7) is 1.98. The number of nitrogens with one attached hydrogen (secondary N) is 1. The molecule has 1 heterocycles. The molecular formula is C22H20N2O4. The summed E-state index contributed by atoms with van der Waals surface area (Å²) >= 11 is 0. The Kier molecular flexibility index (Phi) is 5.69. The van der Waals surface area contributed by atoms with Gasteiger partial charge in [0.05, 0.1) is 25.5 Å². The molecule has 1 aromatic heterocycles. The van der Waals surface area contributed by atoms with E-state index in [4.69, 9.17) is 9.47 Å². The molecule has 6 nitrogen and oxygen atoms in total. The number of carbonyl (C=O) groups excluding carboxylic acids is 2. The van der Waals surface area contributed by atoms with Crippen LogP contribution >= 0.6 is 0 Å². The molecule has 0 atom stereocenters. The molecule has 0 fully saturated rings. The van der Waals surface area contributed by atoms with Crippen molar-refractivity contribution in [2.24, 2.45) is 0 Å². The molecule has 0 saturated heterocycles. The number of pyridine rings is 1. The third-order valence-corrected chi connectivity index (χ3v) is 4.20. The minimum Gasteiger partial charge on any atom is -0.465 e. The van der Waals surface area contributed by atoms with Crippen molar-refractivity contribution in [3.8, 4) is 11.3 Å². The van der Waals surface area contributed by atoms with Crippen molar-refractivity contribution in [1.82, 2.24) is 4.98 Å². The Labute approximate surface area is 163 Å². The van der Waals surface area contributed by atoms with Crippen LogP contribution in [0, 0.1) is 6.92 Å². The fraction of sp³-hybridized carbons (Fsp3) is 0.136. The van der Waals surface area contributed by atoms with Gasteiger partial charge in [0.25, 0.3) is 0 Å². The van der Waals surface area contributed by atoms with E-state index in [9.17, 15) is 9.59 Å². The van der Waals surface area contributed by atoms with Gasteiger partial charge in [0.1, 0.15) is 11.4 Å². The van der Waals surface area contributed by atoms with Crippen LogP contribution in [0.5, 0.6) is 0 Å². The standard InChI is InChI=1S/C22H20N2O4/c1-14-9-11-16(12-10-14)23-20-19(22(26)28-3)17(21(25)27-2)13-18(24-20)15-7-5-4-6-8-15/h4-13H,1-3H3,(H,23,24). The smallest absolute Gasteiger partial charge is 0.342 e. The summed E-state index contributed by atoms with van der Waals surface area (Å²) in [5.74, 6) is -1.11. The molecule has 2 aromatic carbocycles. The molecule has 142 valence electrons. The van der Waals surface area contributed by atoms with E-state index in [-0.39, 0.29) is 16.9 Å². The van der Waals surface area contributed by atoms with Crippen molar-refractivity contribution in [1.29, 1.82) is 0 Å². The molecule has 28 heavy (non-hydrogen) atoms. The number of esters is 2. The van der Waals surface area contributed by atoms with Crippen LogP contribution in [0.2, 0.25) is 0 Å². The number of carbonyl (C=O) groups is 2. The summed E-state index contributed by atoms with van der Waals surface area (Å²) in [4.78, 5) is 29.4. The Morgan fingerprint density at radius 3 is 2.14 bits per heavy atom. The largest absolute Gasteiger partial charge is 0.465 e. The van der Waals surface area contributed by atoms with Crippen molar-refractivity contribution < 1.29 is 19.1 Å². The van der Waals surface area contributed by atoms with Crippen LogP contribution in [0.15, 0.2) is 60.7 Å². The highest BCUT2D eigenvalue weighted by Gasteiger charge is 2.25. The number of anilines is 2. The number of methoxy groups -OCH3 is 2. The number of hydrogen-bond acceptors (Lipinski definition) is 6. The third-order valence-electron chi connectivity index (χ3n) is 4.20. The molecule has 0 aliphatic heterocycles. The molecular weight excluding hydrogens is 356 g/mol. The molecule has 3 aromatic rings. The summed E-state index contributed by atoms with van der Waals surface area (Å²) in [6, 6.07) is 18.5. The number of rotatable bonds is 5. The van der Waals surface area contributed by atoms with Crippen molar-refractivity contribution in [3.63, 3.8) is 0 Å². The predicted molar refractivity (Wildman–Crippen MR) is 107 cm³/mol. The lowest BCUT2D eigenvalue weighted by Crippen LogP contribution is -2.16. The second kappa shape index (κ2) is 8.35. The van der Waals surface area contributed by atoms with E-state index in [1.807, 2.05) is 61.5 Å². The maximum atomic E-state index is 12.5. The Bertz CT molecular complexity index is 999. The topological polar surface area (TPSA) is 77.5 Å². The van der Waals surface area contributed by atoms with E-state index < -0.39 is 11.9 Å². The summed E-state index contributed by atoms with van der Waals surface area (Å²) in [7, 11) is 2.52. The number of nitrogens with zero attached hydrogens (tertiary/aromatic N) is 1. The maximum absolute atomic E-state index is 12.5. The van der Waals surface area contributed by atoms with Crippen molar-refractivity contribution in [2.75, 3.05) is 19.5 Å². The molecule has 1 N–H and O–H groups in total. The Morgan fingerprint density at radius 1 is 0.893 bits per heavy atom. The first-order chi connectivity index (χ1) is 13.5. The Morgan fingerprint density at radius 2 is 1.54 bits per heavy atom. The van der Waals surface area contributed by atoms with Gasteiger partial charge in [-0.25, -0.2) is 14.6 Å². The van der Waals surface area contributed by atoms with Crippen LogP contribution in [-0.2, 0) is 9.47 Å². The third kappa shape index (κ3) is 4.01. The second-order valence-corrected chi connectivity index (χ2v) is 6.12. The minimum absolute atomic E-state index is 0.0228. The van der Waals surface area contributed by atoms with Gasteiger partial charge in [-0.15, -0.1) is 0 Å². The highest BCUT2D eigenvalue weighted by molar-refractivity contribution is 6.07. The van der Waals surface area contributed by atoms with Gasteiger partial charge in [0, 0.05) is 11.3 Å². The number of ether oxygens (including phenoxy) is 2. The average molecular weight is 376 g/mol. The van der Waals surface area contributed by atoms with Crippen molar-refractivity contribution >= 4 is 23.4 Å². The number of aromatic nitrogens is 1. The maximum Gasteiger partial charge on any atom is 0.342 e. The van der Waals surface area contributed by atoms with Gasteiger partial charge < -0.3 is 14.8 Å². The summed E-state index contributed by atoms with van der Waals surface area (Å²) < 4.78 is 9.77. The number of benzene rings is 2. The lowest BCUT2D eigenvalue weighted by Gasteiger charge is -2.15. The van der Waals surface area contributed by atoms with E-state index in [0.717, 1.165) is 16.8 Å². The monoisotopic (exact) mass is 376 g/mol. The lowest BCUT2D eigenvalue weighted by molar-refractivity contribution is 0.0555. The fourth-order valence-electron chi connectivity index (χ4n) is 2.75. The number of aryl methyl sites for hydroxylation is 1. The molecule has 0 aliphatic rings. The first-order valence-corrected chi connectivity index (χ1v) is 8.64. The zero-order chi connectivity index (χ0) is 20.1. The number of hydrogen-bond donors (Lipinski definition) is 1. The molecule has 3 rings (SSSR count). The van der Waals surface area contributed by atoms with Gasteiger partial charge in [-0.05, 0) is 25.1 Å². The molecule has 6 heteroatoms. The first-order valence-electron chi connectivity index (χ1n) is 8.64. The molecule has 0 bridgehead atoms. The molecule has 0 unspecified atom stereocenters. The molecule has 0 amide bonds. The Hall–Kier alpha value is -3.67. The minimum atomic E-state index is -0.679. The van der Waals surface area contributed by atoms with Gasteiger partial charge in [-0.3, -0.25) is 0 Å². The van der Waals surface area contributed by atoms with E-state index in [1.54, 1.807) is 0 Å². The van der Waals surface area contributed by atoms with Gasteiger partial charge in [0.15, 0.2) is 0 Å². The Balaban J connectivity index is 2.21. The van der Waals surface area contributed by atoms with Crippen molar-refractivity contribution in [2.45, 2.75) is 6.92 Å². The highest BCUT2D eigenvalue weighted by Crippen LogP contribution is 2.29. The normalized spacial score (nSPS) is 10.2. The van der Waals surface area contributed by atoms with Gasteiger partial charge in [-0.1, -0.05) is 48.0 Å². The quantitative estimate of drug-likeness (QED) is 0.666. The van der Waals surface area contributed by atoms with E-state index in [0.29, 0.717) is 5.69 Å². The van der Waals surface area contributed by atoms with E-state index in [2.05, 4.69) is 10.3 Å². The van der Waals surface area contributed by atoms with Crippen molar-refractivity contribution in [3.05, 3.63) is 77.4 Å². The van der Waals surface area contributed by atoms with Crippen LogP contribution in [0.1, 0.15) is 26.3 Å². The zero-order valence-electron chi connectivity index (χ0n) is 15.9. The molecule has 0 saturated carbocycles. The summed E-state index contributed by atoms with van der Waals surface area (Å²) in [5.41, 5.74) is 3.26. The van der Waals surface area contributed by atoms with Gasteiger partial charge >= 0.3 is 11.9 Å². The second-order valence-electron chi connectivity index (χ2n) is 6.12. The van der Waals surface area contributed by atoms with Gasteiger partial charge in [-0.2, -0.15) is 0 Å². The zero-order valence-corrected chi connectivity index (χ0v) is 15.9. The van der Waals surface area contributed by atoms with Crippen LogP contribution in [-0.4, -0.2) is 31.1 Å². The van der Waals surface area contributed by atoms with Crippen LogP contribution in [0.25, 0.3) is 11.3 Å². The summed E-state index contributed by atoms with van der Waals surface area (Å²) in [6.07, 6.45) is 0. The molecule has 0 aliphatic carbocycles. The highest BCUT2D eigenvalue weighted by atomic mass is 16.5. The molecule has 0 radical (unpaired) electrons. The fourth-order valence-corrected chi connectivity index (χ4v) is 2.75. The molecule has 0 spiro atoms. The SMILES string of the molecule is COC(=O)c1cc(-c2ccccc2)nc(Nc2ccc(C)cc2)c1C(=O)OC. The first kappa shape index (κ1) is 19.1. The van der Waals surface area contributed by atoms with Crippen LogP contribution in [0.4, 0.5) is 11.5 Å². The van der Waals surface area contributed by atoms with E-state index >= 15 is 0 Å².